The van der Waals surface area contributed by atoms with Gasteiger partial charge in [0.2, 0.25) is 0 Å². The van der Waals surface area contributed by atoms with Gasteiger partial charge in [-0.1, -0.05) is 53.1 Å². The molecular weight excluding hydrogens is 376 g/mol. The van der Waals surface area contributed by atoms with Gasteiger partial charge in [0, 0.05) is 11.1 Å². The molecule has 2 aromatic carbocycles. The Bertz CT molecular complexity index is 1020. The molecule has 2 N–H and O–H groups in total. The molecule has 4 heteroatoms. The van der Waals surface area contributed by atoms with Crippen LogP contribution in [0.25, 0.3) is 0 Å². The number of phenols is 2. The summed E-state index contributed by atoms with van der Waals surface area (Å²) in [4.78, 5) is 13.5. The van der Waals surface area contributed by atoms with E-state index in [1.165, 1.54) is 0 Å². The first-order valence-corrected chi connectivity index (χ1v) is 10.3. The van der Waals surface area contributed by atoms with Gasteiger partial charge in [0.25, 0.3) is 0 Å². The predicted molar refractivity (Wildman–Crippen MR) is 120 cm³/mol. The normalized spacial score (nSPS) is 15.2. The SMILES string of the molecule is CC(C)=CCc1c(O)c(CC=C(C)C)c2c(c1O)C(=O)C(c1ccc(C)cc1)CO2. The Morgan fingerprint density at radius 2 is 1.53 bits per heavy atom. The Kier molecular flexibility index (Phi) is 6.35. The third kappa shape index (κ3) is 4.28. The van der Waals surface area contributed by atoms with Gasteiger partial charge in [-0.15, -0.1) is 0 Å². The number of allylic oxidation sites excluding steroid dienone is 4. The van der Waals surface area contributed by atoms with Crippen LogP contribution in [0.4, 0.5) is 0 Å². The summed E-state index contributed by atoms with van der Waals surface area (Å²) >= 11 is 0. The minimum atomic E-state index is -0.485. The number of hydrogen-bond acceptors (Lipinski definition) is 4. The largest absolute Gasteiger partial charge is 0.507 e. The lowest BCUT2D eigenvalue weighted by Crippen LogP contribution is -2.27. The standard InChI is InChI=1S/C26H30O4/c1-15(2)6-12-19-23(27)20(13-7-16(3)4)26-22(24(19)28)25(29)21(14-30-26)18-10-8-17(5)9-11-18/h6-11,21,27-28H,12-14H2,1-5H3. The number of hydrogen-bond donors (Lipinski definition) is 2. The minimum Gasteiger partial charge on any atom is -0.507 e. The van der Waals surface area contributed by atoms with Crippen molar-refractivity contribution in [2.45, 2.75) is 53.4 Å². The molecule has 30 heavy (non-hydrogen) atoms. The number of carbonyl (C=O) groups excluding carboxylic acids is 1. The molecule has 0 aliphatic carbocycles. The number of ketones is 1. The zero-order valence-electron chi connectivity index (χ0n) is 18.4. The first kappa shape index (κ1) is 21.7. The summed E-state index contributed by atoms with van der Waals surface area (Å²) in [5.41, 5.74) is 5.24. The summed E-state index contributed by atoms with van der Waals surface area (Å²) in [7, 11) is 0. The van der Waals surface area contributed by atoms with Crippen LogP contribution >= 0.6 is 0 Å². The van der Waals surface area contributed by atoms with Gasteiger partial charge in [0.05, 0.1) is 5.92 Å². The van der Waals surface area contributed by atoms with E-state index >= 15 is 0 Å². The molecule has 0 fully saturated rings. The molecule has 1 atom stereocenters. The fourth-order valence-corrected chi connectivity index (χ4v) is 3.66. The summed E-state index contributed by atoms with van der Waals surface area (Å²) in [6.45, 7) is 10.1. The highest BCUT2D eigenvalue weighted by Crippen LogP contribution is 2.47. The maximum atomic E-state index is 13.5. The third-order valence-corrected chi connectivity index (χ3v) is 5.46. The summed E-state index contributed by atoms with van der Waals surface area (Å²) in [6, 6.07) is 7.79. The number of aryl methyl sites for hydroxylation is 1. The molecular formula is C26H30O4. The second kappa shape index (κ2) is 8.78. The maximum Gasteiger partial charge on any atom is 0.181 e. The highest BCUT2D eigenvalue weighted by molar-refractivity contribution is 6.07. The van der Waals surface area contributed by atoms with Crippen LogP contribution in [0.2, 0.25) is 0 Å². The highest BCUT2D eigenvalue weighted by atomic mass is 16.5. The summed E-state index contributed by atoms with van der Waals surface area (Å²) in [5, 5.41) is 21.9. The smallest absolute Gasteiger partial charge is 0.181 e. The fourth-order valence-electron chi connectivity index (χ4n) is 3.66. The van der Waals surface area contributed by atoms with Crippen molar-refractivity contribution in [3.8, 4) is 17.2 Å². The molecule has 1 heterocycles. The van der Waals surface area contributed by atoms with Crippen LogP contribution in [0.5, 0.6) is 17.2 Å². The van der Waals surface area contributed by atoms with Crippen LogP contribution in [-0.4, -0.2) is 22.6 Å². The van der Waals surface area contributed by atoms with Gasteiger partial charge < -0.3 is 14.9 Å². The quantitative estimate of drug-likeness (QED) is 0.618. The molecule has 0 amide bonds. The van der Waals surface area contributed by atoms with E-state index in [1.54, 1.807) is 0 Å². The zero-order valence-corrected chi connectivity index (χ0v) is 18.4. The lowest BCUT2D eigenvalue weighted by molar-refractivity contribution is 0.0890. The van der Waals surface area contributed by atoms with E-state index in [0.29, 0.717) is 29.7 Å². The molecule has 0 saturated heterocycles. The zero-order chi connectivity index (χ0) is 22.0. The van der Waals surface area contributed by atoms with Crippen LogP contribution < -0.4 is 4.74 Å². The summed E-state index contributed by atoms with van der Waals surface area (Å²) < 4.78 is 6.01. The van der Waals surface area contributed by atoms with Crippen molar-refractivity contribution < 1.29 is 19.7 Å². The Hall–Kier alpha value is -3.01. The van der Waals surface area contributed by atoms with Gasteiger partial charge in [0.1, 0.15) is 29.4 Å². The van der Waals surface area contributed by atoms with Crippen molar-refractivity contribution in [1.82, 2.24) is 0 Å². The fraction of sp³-hybridized carbons (Fsp3) is 0.346. The number of phenolic OH excluding ortho intramolecular Hbond substituents is 2. The van der Waals surface area contributed by atoms with E-state index in [-0.39, 0.29) is 29.5 Å². The predicted octanol–water partition coefficient (Wildman–Crippen LogP) is 5.78. The van der Waals surface area contributed by atoms with Crippen LogP contribution in [0.15, 0.2) is 47.6 Å². The van der Waals surface area contributed by atoms with Gasteiger partial charge in [-0.2, -0.15) is 0 Å². The first-order chi connectivity index (χ1) is 14.2. The van der Waals surface area contributed by atoms with E-state index in [4.69, 9.17) is 4.74 Å². The maximum absolute atomic E-state index is 13.5. The van der Waals surface area contributed by atoms with Crippen molar-refractivity contribution in [2.24, 2.45) is 0 Å². The molecule has 0 aromatic heterocycles. The molecule has 0 radical (unpaired) electrons. The average Bonchev–Trinajstić information content (AvgIpc) is 2.68. The Morgan fingerprint density at radius 1 is 0.967 bits per heavy atom. The van der Waals surface area contributed by atoms with Crippen LogP contribution in [0.3, 0.4) is 0 Å². The van der Waals surface area contributed by atoms with E-state index in [9.17, 15) is 15.0 Å². The number of carbonyl (C=O) groups is 1. The van der Waals surface area contributed by atoms with Gasteiger partial charge in [-0.3, -0.25) is 4.79 Å². The number of benzene rings is 2. The number of aromatic hydroxyl groups is 2. The molecule has 1 aliphatic rings. The number of fused-ring (bicyclic) bond motifs is 1. The molecule has 0 bridgehead atoms. The molecule has 158 valence electrons. The summed E-state index contributed by atoms with van der Waals surface area (Å²) in [5.74, 6) is -0.530. The Labute approximate surface area is 178 Å². The summed E-state index contributed by atoms with van der Waals surface area (Å²) in [6.07, 6.45) is 4.69. The monoisotopic (exact) mass is 406 g/mol. The Morgan fingerprint density at radius 3 is 2.10 bits per heavy atom. The van der Waals surface area contributed by atoms with Crippen molar-refractivity contribution in [3.05, 3.63) is 75.4 Å². The molecule has 2 aromatic rings. The van der Waals surface area contributed by atoms with E-state index in [1.807, 2.05) is 71.0 Å². The van der Waals surface area contributed by atoms with E-state index < -0.39 is 5.92 Å². The lowest BCUT2D eigenvalue weighted by atomic mass is 9.84. The van der Waals surface area contributed by atoms with Crippen LogP contribution in [0.1, 0.15) is 66.2 Å². The minimum absolute atomic E-state index is 0.00263. The highest BCUT2D eigenvalue weighted by Gasteiger charge is 2.36. The Balaban J connectivity index is 2.16. The van der Waals surface area contributed by atoms with Gasteiger partial charge in [-0.05, 0) is 53.0 Å². The molecule has 3 rings (SSSR count). The first-order valence-electron chi connectivity index (χ1n) is 10.3. The average molecular weight is 407 g/mol. The molecule has 0 spiro atoms. The second-order valence-electron chi connectivity index (χ2n) is 8.47. The van der Waals surface area contributed by atoms with Crippen molar-refractivity contribution in [1.29, 1.82) is 0 Å². The van der Waals surface area contributed by atoms with Crippen molar-refractivity contribution in [3.63, 3.8) is 0 Å². The second-order valence-corrected chi connectivity index (χ2v) is 8.47. The van der Waals surface area contributed by atoms with Gasteiger partial charge in [0.15, 0.2) is 5.78 Å². The van der Waals surface area contributed by atoms with Crippen molar-refractivity contribution >= 4 is 5.78 Å². The van der Waals surface area contributed by atoms with Crippen LogP contribution in [-0.2, 0) is 12.8 Å². The lowest BCUT2D eigenvalue weighted by Gasteiger charge is -2.28. The molecule has 1 unspecified atom stereocenters. The topological polar surface area (TPSA) is 66.8 Å². The van der Waals surface area contributed by atoms with E-state index in [2.05, 4.69) is 0 Å². The van der Waals surface area contributed by atoms with Gasteiger partial charge in [-0.25, -0.2) is 0 Å². The molecule has 1 aliphatic heterocycles. The third-order valence-electron chi connectivity index (χ3n) is 5.46. The number of ether oxygens (including phenoxy) is 1. The number of Topliss-reactive ketones (excluding diaryl/α,β-unsaturated/α-hetero) is 1. The molecule has 0 saturated carbocycles. The van der Waals surface area contributed by atoms with Crippen molar-refractivity contribution in [2.75, 3.05) is 6.61 Å². The van der Waals surface area contributed by atoms with E-state index in [0.717, 1.165) is 22.3 Å². The molecule has 4 nitrogen and oxygen atoms in total. The van der Waals surface area contributed by atoms with Gasteiger partial charge >= 0.3 is 0 Å². The number of rotatable bonds is 5. The van der Waals surface area contributed by atoms with Crippen LogP contribution in [0, 0.1) is 6.92 Å².